The molecule has 0 saturated carbocycles. The van der Waals surface area contributed by atoms with Crippen molar-refractivity contribution in [3.63, 3.8) is 0 Å². The van der Waals surface area contributed by atoms with Crippen molar-refractivity contribution in [2.24, 2.45) is 0 Å². The summed E-state index contributed by atoms with van der Waals surface area (Å²) in [7, 11) is -14.4. The SMILES string of the molecule is O=S1(=O)CC[C@H](S(=O)(=O)CCS(=O)(=O)[C@H]2CCS(=O)(=O)C2)C1. The van der Waals surface area contributed by atoms with Gasteiger partial charge in [-0.05, 0) is 12.8 Å². The molecule has 0 bridgehead atoms. The molecule has 0 N–H and O–H groups in total. The van der Waals surface area contributed by atoms with Crippen molar-refractivity contribution in [3.05, 3.63) is 0 Å². The van der Waals surface area contributed by atoms with Gasteiger partial charge >= 0.3 is 0 Å². The average molecular weight is 395 g/mol. The van der Waals surface area contributed by atoms with Crippen LogP contribution in [0.5, 0.6) is 0 Å². The number of rotatable bonds is 5. The minimum absolute atomic E-state index is 0.0114. The van der Waals surface area contributed by atoms with Gasteiger partial charge in [-0.15, -0.1) is 0 Å². The summed E-state index contributed by atoms with van der Waals surface area (Å²) < 4.78 is 93.5. The zero-order chi connectivity index (χ0) is 16.8. The van der Waals surface area contributed by atoms with Crippen LogP contribution in [0.25, 0.3) is 0 Å². The fourth-order valence-corrected chi connectivity index (χ4v) is 12.4. The Morgan fingerprint density at radius 2 is 1.00 bits per heavy atom. The smallest absolute Gasteiger partial charge is 0.155 e. The van der Waals surface area contributed by atoms with Crippen LogP contribution in [-0.2, 0) is 39.3 Å². The van der Waals surface area contributed by atoms with Crippen molar-refractivity contribution < 1.29 is 33.7 Å². The largest absolute Gasteiger partial charge is 0.229 e. The van der Waals surface area contributed by atoms with Crippen LogP contribution in [0.4, 0.5) is 0 Å². The van der Waals surface area contributed by atoms with Crippen molar-refractivity contribution in [2.75, 3.05) is 34.5 Å². The molecule has 0 aromatic rings. The molecule has 0 aromatic heterocycles. The highest BCUT2D eigenvalue weighted by atomic mass is 32.2. The molecule has 2 atom stereocenters. The molecule has 0 spiro atoms. The molecule has 2 heterocycles. The monoisotopic (exact) mass is 394 g/mol. The van der Waals surface area contributed by atoms with Gasteiger partial charge in [-0.3, -0.25) is 0 Å². The van der Waals surface area contributed by atoms with E-state index in [-0.39, 0.29) is 24.3 Å². The van der Waals surface area contributed by atoms with E-state index in [0.29, 0.717) is 0 Å². The Morgan fingerprint density at radius 1 is 0.682 bits per heavy atom. The van der Waals surface area contributed by atoms with Gasteiger partial charge < -0.3 is 0 Å². The van der Waals surface area contributed by atoms with Crippen molar-refractivity contribution in [3.8, 4) is 0 Å². The Hall–Kier alpha value is -0.200. The maximum absolute atomic E-state index is 12.1. The van der Waals surface area contributed by atoms with E-state index >= 15 is 0 Å². The van der Waals surface area contributed by atoms with E-state index in [0.717, 1.165) is 0 Å². The third kappa shape index (κ3) is 4.20. The first-order valence-electron chi connectivity index (χ1n) is 6.67. The Kier molecular flexibility index (Phi) is 4.71. The Balaban J connectivity index is 2.03. The molecule has 2 aliphatic heterocycles. The standard InChI is InChI=1S/C10H18O8S4/c11-19(12)3-1-9(7-19)21(15,16)5-6-22(17,18)10-2-4-20(13,14)8-10/h9-10H,1-8H2/t9-,10-/m0/s1. The summed E-state index contributed by atoms with van der Waals surface area (Å²) in [5, 5.41) is -2.11. The molecule has 0 unspecified atom stereocenters. The Labute approximate surface area is 131 Å². The van der Waals surface area contributed by atoms with Gasteiger partial charge in [0, 0.05) is 0 Å². The molecule has 0 aliphatic carbocycles. The molecule has 2 aliphatic rings. The molecule has 0 amide bonds. The second-order valence-corrected chi connectivity index (χ2v) is 15.0. The lowest BCUT2D eigenvalue weighted by Crippen LogP contribution is -2.32. The third-order valence-corrected chi connectivity index (χ3v) is 12.6. The van der Waals surface area contributed by atoms with Gasteiger partial charge in [0.15, 0.2) is 39.3 Å². The first-order chi connectivity index (χ1) is 9.83. The van der Waals surface area contributed by atoms with Gasteiger partial charge in [0.1, 0.15) is 0 Å². The van der Waals surface area contributed by atoms with Crippen molar-refractivity contribution >= 4 is 39.3 Å². The van der Waals surface area contributed by atoms with Gasteiger partial charge in [0.2, 0.25) is 0 Å². The average Bonchev–Trinajstić information content (AvgIpc) is 2.90. The predicted octanol–water partition coefficient (Wildman–Crippen LogP) is -1.81. The fraction of sp³-hybridized carbons (Fsp3) is 1.00. The normalized spacial score (nSPS) is 31.3. The van der Waals surface area contributed by atoms with Crippen molar-refractivity contribution in [1.82, 2.24) is 0 Å². The second kappa shape index (κ2) is 5.71. The second-order valence-electron chi connectivity index (χ2n) is 5.78. The molecule has 12 heteroatoms. The predicted molar refractivity (Wildman–Crippen MR) is 81.7 cm³/mol. The number of sulfone groups is 4. The fourth-order valence-electron chi connectivity index (χ4n) is 2.65. The Bertz CT molecular complexity index is 774. The highest BCUT2D eigenvalue weighted by molar-refractivity contribution is 7.98. The zero-order valence-electron chi connectivity index (χ0n) is 11.7. The van der Waals surface area contributed by atoms with Crippen LogP contribution in [0.1, 0.15) is 12.8 Å². The first kappa shape index (κ1) is 18.1. The van der Waals surface area contributed by atoms with Crippen LogP contribution in [-0.4, -0.2) is 78.7 Å². The van der Waals surface area contributed by atoms with E-state index < -0.39 is 72.9 Å². The first-order valence-corrected chi connectivity index (χ1v) is 13.7. The summed E-state index contributed by atoms with van der Waals surface area (Å²) in [4.78, 5) is 0. The maximum atomic E-state index is 12.1. The van der Waals surface area contributed by atoms with E-state index in [1.807, 2.05) is 0 Å². The van der Waals surface area contributed by atoms with Gasteiger partial charge in [-0.2, -0.15) is 0 Å². The summed E-state index contributed by atoms with van der Waals surface area (Å²) in [6, 6.07) is 0. The van der Waals surface area contributed by atoms with Crippen LogP contribution >= 0.6 is 0 Å². The summed E-state index contributed by atoms with van der Waals surface area (Å²) in [5.74, 6) is -2.66. The van der Waals surface area contributed by atoms with Crippen LogP contribution in [0.15, 0.2) is 0 Å². The highest BCUT2D eigenvalue weighted by Crippen LogP contribution is 2.23. The molecule has 2 fully saturated rings. The van der Waals surface area contributed by atoms with Crippen LogP contribution in [0.3, 0.4) is 0 Å². The summed E-state index contributed by atoms with van der Waals surface area (Å²) in [6.07, 6.45) is -0.0228. The van der Waals surface area contributed by atoms with E-state index in [1.54, 1.807) is 0 Å². The van der Waals surface area contributed by atoms with E-state index in [2.05, 4.69) is 0 Å². The van der Waals surface area contributed by atoms with Crippen molar-refractivity contribution in [2.45, 2.75) is 23.3 Å². The summed E-state index contributed by atoms with van der Waals surface area (Å²) >= 11 is 0. The molecule has 2 rings (SSSR count). The lowest BCUT2D eigenvalue weighted by molar-refractivity contribution is 0.574. The van der Waals surface area contributed by atoms with Crippen molar-refractivity contribution in [1.29, 1.82) is 0 Å². The lowest BCUT2D eigenvalue weighted by atomic mass is 10.4. The quantitative estimate of drug-likeness (QED) is 0.532. The van der Waals surface area contributed by atoms with Crippen LogP contribution in [0, 0.1) is 0 Å². The molecule has 130 valence electrons. The number of hydrogen-bond donors (Lipinski definition) is 0. The zero-order valence-corrected chi connectivity index (χ0v) is 15.0. The highest BCUT2D eigenvalue weighted by Gasteiger charge is 2.40. The van der Waals surface area contributed by atoms with Crippen LogP contribution in [0.2, 0.25) is 0 Å². The van der Waals surface area contributed by atoms with E-state index in [4.69, 9.17) is 0 Å². The lowest BCUT2D eigenvalue weighted by Gasteiger charge is -2.12. The molecule has 2 saturated heterocycles. The van der Waals surface area contributed by atoms with Gasteiger partial charge in [-0.25, -0.2) is 33.7 Å². The Morgan fingerprint density at radius 3 is 1.23 bits per heavy atom. The number of hydrogen-bond acceptors (Lipinski definition) is 8. The molecular formula is C10H18O8S4. The molecule has 0 aromatic carbocycles. The third-order valence-electron chi connectivity index (χ3n) is 4.05. The minimum Gasteiger partial charge on any atom is -0.229 e. The van der Waals surface area contributed by atoms with Gasteiger partial charge in [0.05, 0.1) is 45.0 Å². The topological polar surface area (TPSA) is 137 Å². The molecule has 0 radical (unpaired) electrons. The maximum Gasteiger partial charge on any atom is 0.155 e. The molecular weight excluding hydrogens is 376 g/mol. The summed E-state index contributed by atoms with van der Waals surface area (Å²) in [5.41, 5.74) is 0. The summed E-state index contributed by atoms with van der Waals surface area (Å²) in [6.45, 7) is 0. The molecule has 22 heavy (non-hydrogen) atoms. The molecule has 8 nitrogen and oxygen atoms in total. The minimum atomic E-state index is -3.83. The van der Waals surface area contributed by atoms with E-state index in [1.165, 1.54) is 0 Å². The van der Waals surface area contributed by atoms with E-state index in [9.17, 15) is 33.7 Å². The van der Waals surface area contributed by atoms with Crippen LogP contribution < -0.4 is 0 Å². The van der Waals surface area contributed by atoms with Gasteiger partial charge in [-0.1, -0.05) is 0 Å². The van der Waals surface area contributed by atoms with Gasteiger partial charge in [0.25, 0.3) is 0 Å².